The second kappa shape index (κ2) is 7.26. The van der Waals surface area contributed by atoms with Crippen LogP contribution in [0.1, 0.15) is 72.8 Å². The van der Waals surface area contributed by atoms with Crippen molar-refractivity contribution in [2.45, 2.75) is 59.2 Å². The van der Waals surface area contributed by atoms with E-state index in [1.54, 1.807) is 16.8 Å². The Bertz CT molecular complexity index is 894. The van der Waals surface area contributed by atoms with Crippen LogP contribution < -0.4 is 4.90 Å². The zero-order valence-corrected chi connectivity index (χ0v) is 16.9. The molecule has 28 heavy (non-hydrogen) atoms. The normalized spacial score (nSPS) is 14.1. The van der Waals surface area contributed by atoms with Gasteiger partial charge in [0.1, 0.15) is 11.4 Å². The van der Waals surface area contributed by atoms with Crippen LogP contribution in [0.25, 0.3) is 0 Å². The number of hydrogen-bond acceptors (Lipinski definition) is 6. The second-order valence-electron chi connectivity index (χ2n) is 8.20. The van der Waals surface area contributed by atoms with Gasteiger partial charge in [-0.05, 0) is 46.8 Å². The molecule has 0 unspecified atom stereocenters. The van der Waals surface area contributed by atoms with Gasteiger partial charge in [-0.25, -0.2) is 14.6 Å². The molecule has 0 saturated heterocycles. The summed E-state index contributed by atoms with van der Waals surface area (Å²) in [5.74, 6) is -0.754. The molecule has 8 heteroatoms. The summed E-state index contributed by atoms with van der Waals surface area (Å²) in [5, 5.41) is 13.8. The molecule has 0 aromatic carbocycles. The molecule has 2 aromatic rings. The van der Waals surface area contributed by atoms with E-state index in [9.17, 15) is 14.7 Å². The van der Waals surface area contributed by atoms with Gasteiger partial charge in [-0.2, -0.15) is 5.10 Å². The standard InChI is InChI=1S/C20H26N4O4/c1-12(2)24-15-8-9-23(11-14(15)17(22-24)18(25)26)16-7-6-13(10-21-16)19(27)28-20(3,4)5/h6-7,10,12H,8-9,11H2,1-5H3,(H,25,26). The van der Waals surface area contributed by atoms with Crippen molar-refractivity contribution in [3.8, 4) is 0 Å². The van der Waals surface area contributed by atoms with Gasteiger partial charge in [-0.15, -0.1) is 0 Å². The highest BCUT2D eigenvalue weighted by Crippen LogP contribution is 2.28. The van der Waals surface area contributed by atoms with Gasteiger partial charge in [0.15, 0.2) is 5.69 Å². The third kappa shape index (κ3) is 4.00. The molecule has 1 N–H and O–H groups in total. The van der Waals surface area contributed by atoms with Crippen LogP contribution in [-0.4, -0.2) is 44.0 Å². The summed E-state index contributed by atoms with van der Waals surface area (Å²) >= 11 is 0. The number of esters is 1. The molecule has 3 heterocycles. The second-order valence-corrected chi connectivity index (χ2v) is 8.20. The van der Waals surface area contributed by atoms with E-state index < -0.39 is 17.5 Å². The Morgan fingerprint density at radius 3 is 2.50 bits per heavy atom. The number of carboxylic acid groups (broad SMARTS) is 1. The van der Waals surface area contributed by atoms with Crippen molar-refractivity contribution in [1.82, 2.24) is 14.8 Å². The van der Waals surface area contributed by atoms with E-state index in [2.05, 4.69) is 10.1 Å². The molecule has 0 radical (unpaired) electrons. The van der Waals surface area contributed by atoms with Crippen LogP contribution in [0.15, 0.2) is 18.3 Å². The molecule has 0 aliphatic carbocycles. The molecule has 8 nitrogen and oxygen atoms in total. The van der Waals surface area contributed by atoms with E-state index in [1.165, 1.54) is 6.20 Å². The smallest absolute Gasteiger partial charge is 0.356 e. The lowest BCUT2D eigenvalue weighted by molar-refractivity contribution is 0.00689. The number of pyridine rings is 1. The third-order valence-electron chi connectivity index (χ3n) is 4.48. The number of fused-ring (bicyclic) bond motifs is 1. The third-order valence-corrected chi connectivity index (χ3v) is 4.48. The van der Waals surface area contributed by atoms with Gasteiger partial charge < -0.3 is 14.7 Å². The maximum absolute atomic E-state index is 12.1. The van der Waals surface area contributed by atoms with Crippen LogP contribution in [-0.2, 0) is 17.7 Å². The largest absolute Gasteiger partial charge is 0.476 e. The summed E-state index contributed by atoms with van der Waals surface area (Å²) in [6, 6.07) is 3.54. The summed E-state index contributed by atoms with van der Waals surface area (Å²) < 4.78 is 7.15. The lowest BCUT2D eigenvalue weighted by atomic mass is 10.0. The molecule has 0 fully saturated rings. The Balaban J connectivity index is 1.82. The van der Waals surface area contributed by atoms with Crippen molar-refractivity contribution < 1.29 is 19.4 Å². The molecule has 0 bridgehead atoms. The molecular weight excluding hydrogens is 360 g/mol. The summed E-state index contributed by atoms with van der Waals surface area (Å²) in [6.07, 6.45) is 2.18. The molecule has 0 amide bonds. The van der Waals surface area contributed by atoms with Gasteiger partial charge >= 0.3 is 11.9 Å². The minimum absolute atomic E-state index is 0.0961. The zero-order valence-electron chi connectivity index (χ0n) is 16.9. The maximum Gasteiger partial charge on any atom is 0.356 e. The zero-order chi connectivity index (χ0) is 20.6. The number of rotatable bonds is 4. The molecule has 3 rings (SSSR count). The van der Waals surface area contributed by atoms with E-state index in [0.717, 1.165) is 11.3 Å². The quantitative estimate of drug-likeness (QED) is 0.806. The van der Waals surface area contributed by atoms with Gasteiger partial charge in [0.25, 0.3) is 0 Å². The topological polar surface area (TPSA) is 97.6 Å². The van der Waals surface area contributed by atoms with Crippen LogP contribution in [0.4, 0.5) is 5.82 Å². The first-order valence-electron chi connectivity index (χ1n) is 9.34. The molecule has 1 aliphatic heterocycles. The van der Waals surface area contributed by atoms with E-state index in [1.807, 2.05) is 39.5 Å². The fraction of sp³-hybridized carbons (Fsp3) is 0.500. The molecule has 0 saturated carbocycles. The highest BCUT2D eigenvalue weighted by Gasteiger charge is 2.29. The van der Waals surface area contributed by atoms with E-state index in [-0.39, 0.29) is 11.7 Å². The Morgan fingerprint density at radius 1 is 1.25 bits per heavy atom. The SMILES string of the molecule is CC(C)n1nc(C(=O)O)c2c1CCN(c1ccc(C(=O)OC(C)(C)C)cn1)C2. The molecule has 2 aromatic heterocycles. The lowest BCUT2D eigenvalue weighted by Crippen LogP contribution is -2.32. The predicted octanol–water partition coefficient (Wildman–Crippen LogP) is 3.08. The van der Waals surface area contributed by atoms with Crippen molar-refractivity contribution in [2.24, 2.45) is 0 Å². The number of carbonyl (C=O) groups is 2. The van der Waals surface area contributed by atoms with Crippen molar-refractivity contribution in [3.05, 3.63) is 40.8 Å². The fourth-order valence-corrected chi connectivity index (χ4v) is 3.27. The van der Waals surface area contributed by atoms with Gasteiger partial charge in [0, 0.05) is 43.0 Å². The van der Waals surface area contributed by atoms with Crippen molar-refractivity contribution in [1.29, 1.82) is 0 Å². The first kappa shape index (κ1) is 19.9. The minimum atomic E-state index is -1.02. The Kier molecular flexibility index (Phi) is 5.14. The number of aromatic carboxylic acids is 1. The Labute approximate surface area is 164 Å². The van der Waals surface area contributed by atoms with Gasteiger partial charge in [-0.3, -0.25) is 4.68 Å². The van der Waals surface area contributed by atoms with E-state index in [4.69, 9.17) is 4.74 Å². The number of hydrogen-bond donors (Lipinski definition) is 1. The first-order chi connectivity index (χ1) is 13.1. The summed E-state index contributed by atoms with van der Waals surface area (Å²) in [4.78, 5) is 30.2. The highest BCUT2D eigenvalue weighted by molar-refractivity contribution is 5.89. The molecular formula is C20H26N4O4. The predicted molar refractivity (Wildman–Crippen MR) is 104 cm³/mol. The number of carbonyl (C=O) groups excluding carboxylic acids is 1. The Hall–Kier alpha value is -2.90. The van der Waals surface area contributed by atoms with E-state index in [0.29, 0.717) is 30.9 Å². The van der Waals surface area contributed by atoms with Crippen LogP contribution in [0, 0.1) is 0 Å². The fourth-order valence-electron chi connectivity index (χ4n) is 3.27. The summed E-state index contributed by atoms with van der Waals surface area (Å²) in [5.41, 5.74) is 1.61. The first-order valence-corrected chi connectivity index (χ1v) is 9.34. The highest BCUT2D eigenvalue weighted by atomic mass is 16.6. The Morgan fingerprint density at radius 2 is 1.96 bits per heavy atom. The monoisotopic (exact) mass is 386 g/mol. The maximum atomic E-state index is 12.1. The van der Waals surface area contributed by atoms with Crippen LogP contribution >= 0.6 is 0 Å². The molecule has 0 atom stereocenters. The van der Waals surface area contributed by atoms with Crippen LogP contribution in [0.2, 0.25) is 0 Å². The molecule has 0 spiro atoms. The van der Waals surface area contributed by atoms with Gasteiger partial charge in [0.2, 0.25) is 0 Å². The minimum Gasteiger partial charge on any atom is -0.476 e. The van der Waals surface area contributed by atoms with Crippen LogP contribution in [0.5, 0.6) is 0 Å². The average molecular weight is 386 g/mol. The summed E-state index contributed by atoms with van der Waals surface area (Å²) in [7, 11) is 0. The number of carboxylic acids is 1. The van der Waals surface area contributed by atoms with Crippen molar-refractivity contribution in [2.75, 3.05) is 11.4 Å². The van der Waals surface area contributed by atoms with Crippen molar-refractivity contribution in [3.63, 3.8) is 0 Å². The van der Waals surface area contributed by atoms with Crippen molar-refractivity contribution >= 4 is 17.8 Å². The van der Waals surface area contributed by atoms with Gasteiger partial charge in [-0.1, -0.05) is 0 Å². The number of nitrogens with zero attached hydrogens (tertiary/aromatic N) is 4. The molecule has 1 aliphatic rings. The summed E-state index contributed by atoms with van der Waals surface area (Å²) in [6.45, 7) is 10.5. The number of aromatic nitrogens is 3. The molecule has 150 valence electrons. The average Bonchev–Trinajstić information content (AvgIpc) is 2.99. The van der Waals surface area contributed by atoms with E-state index >= 15 is 0 Å². The lowest BCUT2D eigenvalue weighted by Gasteiger charge is -2.29. The number of ether oxygens (including phenoxy) is 1. The van der Waals surface area contributed by atoms with Gasteiger partial charge in [0.05, 0.1) is 5.56 Å². The van der Waals surface area contributed by atoms with Crippen LogP contribution in [0.3, 0.4) is 0 Å². The number of anilines is 1.